The third-order valence-corrected chi connectivity index (χ3v) is 2.54. The van der Waals surface area contributed by atoms with Crippen LogP contribution in [0.3, 0.4) is 0 Å². The number of pyridine rings is 1. The minimum Gasteiger partial charge on any atom is -0.457 e. The molecule has 1 N–H and O–H groups in total. The van der Waals surface area contributed by atoms with Gasteiger partial charge in [-0.05, 0) is 25.1 Å². The molecule has 98 valence electrons. The molecule has 0 aliphatic carbocycles. The van der Waals surface area contributed by atoms with Crippen LogP contribution < -0.4 is 10.1 Å². The van der Waals surface area contributed by atoms with Crippen molar-refractivity contribution >= 4 is 11.4 Å². The molecule has 0 radical (unpaired) electrons. The molecule has 2 aromatic rings. The lowest BCUT2D eigenvalue weighted by Gasteiger charge is -2.07. The Bertz CT molecular complexity index is 614. The van der Waals surface area contributed by atoms with Crippen LogP contribution in [0, 0.1) is 17.0 Å². The van der Waals surface area contributed by atoms with E-state index in [0.717, 1.165) is 5.69 Å². The maximum absolute atomic E-state index is 10.9. The van der Waals surface area contributed by atoms with Crippen LogP contribution in [0.5, 0.6) is 11.5 Å². The molecule has 0 aliphatic rings. The van der Waals surface area contributed by atoms with Crippen LogP contribution in [0.25, 0.3) is 0 Å². The second-order valence-corrected chi connectivity index (χ2v) is 3.92. The molecule has 0 aliphatic heterocycles. The predicted molar refractivity (Wildman–Crippen MR) is 71.7 cm³/mol. The minimum atomic E-state index is -0.448. The highest BCUT2D eigenvalue weighted by atomic mass is 16.6. The van der Waals surface area contributed by atoms with Gasteiger partial charge in [-0.2, -0.15) is 0 Å². The van der Waals surface area contributed by atoms with E-state index in [1.807, 2.05) is 6.92 Å². The molecule has 0 bridgehead atoms. The van der Waals surface area contributed by atoms with Crippen LogP contribution >= 0.6 is 0 Å². The van der Waals surface area contributed by atoms with Crippen molar-refractivity contribution in [1.29, 1.82) is 0 Å². The second-order valence-electron chi connectivity index (χ2n) is 3.92. The lowest BCUT2D eigenvalue weighted by Crippen LogP contribution is -1.97. The van der Waals surface area contributed by atoms with Crippen LogP contribution in [0.2, 0.25) is 0 Å². The normalized spacial score (nSPS) is 10.0. The number of hydrogen-bond acceptors (Lipinski definition) is 5. The molecule has 0 fully saturated rings. The van der Waals surface area contributed by atoms with E-state index in [9.17, 15) is 10.1 Å². The lowest BCUT2D eigenvalue weighted by atomic mass is 10.2. The molecule has 0 atom stereocenters. The van der Waals surface area contributed by atoms with Gasteiger partial charge in [0.25, 0.3) is 5.69 Å². The summed E-state index contributed by atoms with van der Waals surface area (Å²) in [6.45, 7) is 1.85. The molecule has 19 heavy (non-hydrogen) atoms. The van der Waals surface area contributed by atoms with Crippen molar-refractivity contribution in [2.45, 2.75) is 6.92 Å². The summed E-state index contributed by atoms with van der Waals surface area (Å²) in [4.78, 5) is 14.5. The second kappa shape index (κ2) is 5.34. The highest BCUT2D eigenvalue weighted by molar-refractivity contribution is 5.63. The zero-order valence-corrected chi connectivity index (χ0v) is 10.6. The van der Waals surface area contributed by atoms with Crippen molar-refractivity contribution < 1.29 is 9.66 Å². The van der Waals surface area contributed by atoms with Gasteiger partial charge in [-0.3, -0.25) is 15.1 Å². The maximum atomic E-state index is 10.9. The summed E-state index contributed by atoms with van der Waals surface area (Å²) < 4.78 is 5.58. The van der Waals surface area contributed by atoms with Crippen LogP contribution in [0.1, 0.15) is 5.69 Å². The van der Waals surface area contributed by atoms with E-state index in [2.05, 4.69) is 10.3 Å². The number of nitrogens with one attached hydrogen (secondary N) is 1. The number of anilines is 1. The van der Waals surface area contributed by atoms with Crippen LogP contribution in [0.15, 0.2) is 36.5 Å². The lowest BCUT2D eigenvalue weighted by molar-refractivity contribution is -0.384. The van der Waals surface area contributed by atoms with Crippen LogP contribution in [-0.4, -0.2) is 17.0 Å². The van der Waals surface area contributed by atoms with Crippen LogP contribution in [0.4, 0.5) is 11.4 Å². The highest BCUT2D eigenvalue weighted by Gasteiger charge is 2.14. The maximum Gasteiger partial charge on any atom is 0.296 e. The average molecular weight is 259 g/mol. The Hall–Kier alpha value is -2.63. The van der Waals surface area contributed by atoms with Gasteiger partial charge in [0, 0.05) is 25.0 Å². The summed E-state index contributed by atoms with van der Waals surface area (Å²) in [5, 5.41) is 13.7. The largest absolute Gasteiger partial charge is 0.457 e. The molecular formula is C13H13N3O3. The zero-order chi connectivity index (χ0) is 13.8. The fourth-order valence-corrected chi connectivity index (χ4v) is 1.66. The summed E-state index contributed by atoms with van der Waals surface area (Å²) in [6.07, 6.45) is 1.63. The summed E-state index contributed by atoms with van der Waals surface area (Å²) in [5.41, 5.74) is 1.24. The zero-order valence-electron chi connectivity index (χ0n) is 10.6. The van der Waals surface area contributed by atoms with E-state index in [1.165, 1.54) is 6.07 Å². The summed E-state index contributed by atoms with van der Waals surface area (Å²) in [6, 6.07) is 8.14. The number of benzene rings is 1. The number of nitro groups is 1. The Morgan fingerprint density at radius 3 is 2.63 bits per heavy atom. The van der Waals surface area contributed by atoms with Gasteiger partial charge in [0.1, 0.15) is 17.2 Å². The van der Waals surface area contributed by atoms with Gasteiger partial charge in [-0.1, -0.05) is 0 Å². The smallest absolute Gasteiger partial charge is 0.296 e. The predicted octanol–water partition coefficient (Wildman–Crippen LogP) is 3.13. The number of nitrogens with zero attached hydrogens (tertiary/aromatic N) is 2. The number of nitro benzene ring substituents is 1. The number of hydrogen-bond donors (Lipinski definition) is 1. The molecule has 0 amide bonds. The van der Waals surface area contributed by atoms with Crippen molar-refractivity contribution in [3.8, 4) is 11.5 Å². The van der Waals surface area contributed by atoms with E-state index in [0.29, 0.717) is 17.2 Å². The monoisotopic (exact) mass is 259 g/mol. The number of ether oxygens (including phenoxy) is 1. The molecule has 0 spiro atoms. The van der Waals surface area contributed by atoms with Crippen molar-refractivity contribution in [1.82, 2.24) is 4.98 Å². The first kappa shape index (κ1) is 12.8. The van der Waals surface area contributed by atoms with Crippen molar-refractivity contribution in [3.05, 3.63) is 52.3 Å². The first-order valence-corrected chi connectivity index (χ1v) is 5.67. The Labute approximate surface area is 110 Å². The summed E-state index contributed by atoms with van der Waals surface area (Å²) >= 11 is 0. The Kier molecular flexibility index (Phi) is 3.61. The number of aromatic nitrogens is 1. The molecule has 0 saturated heterocycles. The van der Waals surface area contributed by atoms with Gasteiger partial charge < -0.3 is 10.1 Å². The molecule has 1 aromatic heterocycles. The van der Waals surface area contributed by atoms with E-state index >= 15 is 0 Å². The standard InChI is InChI=1S/C13H13N3O3/c1-9-7-11(5-6-15-9)19-10-3-4-12(14-2)13(8-10)16(17)18/h3-8,14H,1-2H3. The van der Waals surface area contributed by atoms with Gasteiger partial charge in [0.2, 0.25) is 0 Å². The molecule has 6 nitrogen and oxygen atoms in total. The molecule has 1 heterocycles. The van der Waals surface area contributed by atoms with E-state index < -0.39 is 4.92 Å². The molecule has 0 unspecified atom stereocenters. The first-order valence-electron chi connectivity index (χ1n) is 5.67. The quantitative estimate of drug-likeness (QED) is 0.674. The first-order chi connectivity index (χ1) is 9.10. The number of rotatable bonds is 4. The van der Waals surface area contributed by atoms with Gasteiger partial charge >= 0.3 is 0 Å². The van der Waals surface area contributed by atoms with Crippen LogP contribution in [-0.2, 0) is 0 Å². The van der Waals surface area contributed by atoms with Crippen molar-refractivity contribution in [3.63, 3.8) is 0 Å². The Morgan fingerprint density at radius 1 is 1.26 bits per heavy atom. The fraction of sp³-hybridized carbons (Fsp3) is 0.154. The summed E-state index contributed by atoms with van der Waals surface area (Å²) in [5.74, 6) is 1.01. The van der Waals surface area contributed by atoms with Crippen molar-refractivity contribution in [2.75, 3.05) is 12.4 Å². The van der Waals surface area contributed by atoms with Gasteiger partial charge in [0.15, 0.2) is 0 Å². The third-order valence-electron chi connectivity index (χ3n) is 2.54. The minimum absolute atomic E-state index is 0.0224. The Balaban J connectivity index is 2.31. The van der Waals surface area contributed by atoms with Gasteiger partial charge in [-0.15, -0.1) is 0 Å². The fourth-order valence-electron chi connectivity index (χ4n) is 1.66. The summed E-state index contributed by atoms with van der Waals surface area (Å²) in [7, 11) is 1.63. The van der Waals surface area contributed by atoms with Gasteiger partial charge in [0.05, 0.1) is 11.0 Å². The molecular weight excluding hydrogens is 246 g/mol. The molecule has 6 heteroatoms. The van der Waals surface area contributed by atoms with E-state index in [4.69, 9.17) is 4.74 Å². The Morgan fingerprint density at radius 2 is 2.00 bits per heavy atom. The SMILES string of the molecule is CNc1ccc(Oc2ccnc(C)c2)cc1[N+](=O)[O-]. The average Bonchev–Trinajstić information content (AvgIpc) is 2.38. The molecule has 2 rings (SSSR count). The van der Waals surface area contributed by atoms with E-state index in [1.54, 1.807) is 37.5 Å². The highest BCUT2D eigenvalue weighted by Crippen LogP contribution is 2.31. The molecule has 0 saturated carbocycles. The molecule has 1 aromatic carbocycles. The number of aryl methyl sites for hydroxylation is 1. The van der Waals surface area contributed by atoms with Crippen molar-refractivity contribution in [2.24, 2.45) is 0 Å². The topological polar surface area (TPSA) is 77.3 Å². The third kappa shape index (κ3) is 2.98. The van der Waals surface area contributed by atoms with E-state index in [-0.39, 0.29) is 5.69 Å². The van der Waals surface area contributed by atoms with Gasteiger partial charge in [-0.25, -0.2) is 0 Å².